The van der Waals surface area contributed by atoms with Crippen LogP contribution >= 0.6 is 22.6 Å². The first-order valence-electron chi connectivity index (χ1n) is 5.74. The van der Waals surface area contributed by atoms with E-state index >= 15 is 0 Å². The third-order valence-electron chi connectivity index (χ3n) is 3.07. The van der Waals surface area contributed by atoms with Crippen LogP contribution in [0.2, 0.25) is 0 Å². The fourth-order valence-electron chi connectivity index (χ4n) is 2.23. The third kappa shape index (κ3) is 2.01. The monoisotopic (exact) mass is 344 g/mol. The summed E-state index contributed by atoms with van der Waals surface area (Å²) in [5.74, 6) is 0.277. The molecule has 1 unspecified atom stereocenters. The van der Waals surface area contributed by atoms with Gasteiger partial charge in [-0.2, -0.15) is 5.10 Å². The van der Waals surface area contributed by atoms with Gasteiger partial charge in [0.15, 0.2) is 6.23 Å². The van der Waals surface area contributed by atoms with E-state index in [1.807, 2.05) is 10.7 Å². The number of hydrogen-bond acceptors (Lipinski definition) is 3. The minimum atomic E-state index is 0.0410. The maximum absolute atomic E-state index is 9.50. The van der Waals surface area contributed by atoms with Crippen LogP contribution in [0.25, 0.3) is 10.9 Å². The Hall–Kier alpha value is -0.820. The zero-order valence-corrected chi connectivity index (χ0v) is 11.4. The van der Waals surface area contributed by atoms with Gasteiger partial charge in [-0.25, -0.2) is 4.68 Å². The lowest BCUT2D eigenvalue weighted by atomic mass is 10.2. The van der Waals surface area contributed by atoms with Gasteiger partial charge in [-0.05, 0) is 60.1 Å². The molecule has 0 aliphatic carbocycles. The molecule has 17 heavy (non-hydrogen) atoms. The Bertz CT molecular complexity index is 547. The second-order valence-electron chi connectivity index (χ2n) is 4.26. The van der Waals surface area contributed by atoms with E-state index in [4.69, 9.17) is 4.74 Å². The molecule has 0 radical (unpaired) electrons. The number of phenolic OH excluding ortho intramolecular Hbond substituents is 1. The highest BCUT2D eigenvalue weighted by Gasteiger charge is 2.20. The van der Waals surface area contributed by atoms with E-state index in [9.17, 15) is 5.11 Å². The number of fused-ring (bicyclic) bond motifs is 1. The number of ether oxygens (including phenoxy) is 1. The summed E-state index contributed by atoms with van der Waals surface area (Å²) in [4.78, 5) is 0. The lowest BCUT2D eigenvalue weighted by Crippen LogP contribution is -2.19. The van der Waals surface area contributed by atoms with Crippen molar-refractivity contribution in [2.24, 2.45) is 0 Å². The normalized spacial score (nSPS) is 20.9. The molecule has 1 aromatic carbocycles. The maximum atomic E-state index is 9.50. The summed E-state index contributed by atoms with van der Waals surface area (Å²) >= 11 is 2.19. The standard InChI is InChI=1S/C12H13IN2O2/c13-12-9-7-8(16)4-5-10(9)15(14-12)11-3-1-2-6-17-11/h4-5,7,11,16H,1-3,6H2. The summed E-state index contributed by atoms with van der Waals surface area (Å²) in [6, 6.07) is 5.35. The average molecular weight is 344 g/mol. The van der Waals surface area contributed by atoms with Crippen molar-refractivity contribution >= 4 is 33.5 Å². The van der Waals surface area contributed by atoms with Crippen LogP contribution < -0.4 is 0 Å². The fraction of sp³-hybridized carbons (Fsp3) is 0.417. The molecule has 5 heteroatoms. The molecule has 0 bridgehead atoms. The smallest absolute Gasteiger partial charge is 0.150 e. The highest BCUT2D eigenvalue weighted by Crippen LogP contribution is 2.30. The number of hydrogen-bond donors (Lipinski definition) is 1. The molecular formula is C12H13IN2O2. The highest BCUT2D eigenvalue weighted by molar-refractivity contribution is 14.1. The summed E-state index contributed by atoms with van der Waals surface area (Å²) < 4.78 is 8.60. The van der Waals surface area contributed by atoms with Crippen molar-refractivity contribution < 1.29 is 9.84 Å². The molecular weight excluding hydrogens is 331 g/mol. The number of aromatic hydroxyl groups is 1. The van der Waals surface area contributed by atoms with E-state index in [-0.39, 0.29) is 12.0 Å². The predicted molar refractivity (Wildman–Crippen MR) is 73.0 cm³/mol. The molecule has 2 aromatic rings. The van der Waals surface area contributed by atoms with Gasteiger partial charge in [0.2, 0.25) is 0 Å². The molecule has 1 atom stereocenters. The van der Waals surface area contributed by atoms with Gasteiger partial charge in [-0.1, -0.05) is 0 Å². The molecule has 1 aliphatic heterocycles. The van der Waals surface area contributed by atoms with Crippen molar-refractivity contribution in [1.82, 2.24) is 9.78 Å². The summed E-state index contributed by atoms with van der Waals surface area (Å²) in [5, 5.41) is 15.0. The first-order valence-corrected chi connectivity index (χ1v) is 6.82. The Morgan fingerprint density at radius 3 is 3.06 bits per heavy atom. The van der Waals surface area contributed by atoms with Crippen LogP contribution in [0.3, 0.4) is 0 Å². The van der Waals surface area contributed by atoms with Crippen LogP contribution in [0.15, 0.2) is 18.2 Å². The van der Waals surface area contributed by atoms with Crippen molar-refractivity contribution in [3.8, 4) is 5.75 Å². The molecule has 3 rings (SSSR count). The molecule has 0 spiro atoms. The van der Waals surface area contributed by atoms with Crippen LogP contribution in [0.1, 0.15) is 25.5 Å². The van der Waals surface area contributed by atoms with E-state index in [1.165, 1.54) is 6.42 Å². The number of rotatable bonds is 1. The summed E-state index contributed by atoms with van der Waals surface area (Å²) in [6.45, 7) is 0.806. The van der Waals surface area contributed by atoms with Crippen molar-refractivity contribution in [1.29, 1.82) is 0 Å². The lowest BCUT2D eigenvalue weighted by molar-refractivity contribution is -0.0368. The first-order chi connectivity index (χ1) is 8.25. The molecule has 4 nitrogen and oxygen atoms in total. The molecule has 0 amide bonds. The van der Waals surface area contributed by atoms with E-state index in [0.29, 0.717) is 0 Å². The Kier molecular flexibility index (Phi) is 2.96. The Morgan fingerprint density at radius 1 is 1.41 bits per heavy atom. The fourth-order valence-corrected chi connectivity index (χ4v) is 2.89. The van der Waals surface area contributed by atoms with Crippen molar-refractivity contribution in [3.63, 3.8) is 0 Å². The average Bonchev–Trinajstić information content (AvgIpc) is 2.68. The SMILES string of the molecule is Oc1ccc2c(c1)c(I)nn2C1CCCCO1. The second kappa shape index (κ2) is 4.45. The van der Waals surface area contributed by atoms with Crippen LogP contribution in [0.4, 0.5) is 0 Å². The van der Waals surface area contributed by atoms with Crippen LogP contribution in [-0.4, -0.2) is 21.5 Å². The number of nitrogens with zero attached hydrogens (tertiary/aromatic N) is 2. The second-order valence-corrected chi connectivity index (χ2v) is 5.28. The summed E-state index contributed by atoms with van der Waals surface area (Å²) in [6.07, 6.45) is 3.36. The molecule has 1 saturated heterocycles. The van der Waals surface area contributed by atoms with E-state index < -0.39 is 0 Å². The topological polar surface area (TPSA) is 47.3 Å². The van der Waals surface area contributed by atoms with E-state index in [2.05, 4.69) is 27.7 Å². The first kappa shape index (κ1) is 11.3. The van der Waals surface area contributed by atoms with Crippen molar-refractivity contribution in [2.75, 3.05) is 6.61 Å². The minimum absolute atomic E-state index is 0.0410. The van der Waals surface area contributed by atoms with Gasteiger partial charge in [0.05, 0.1) is 5.52 Å². The number of aromatic nitrogens is 2. The zero-order valence-electron chi connectivity index (χ0n) is 9.27. The molecule has 1 aromatic heterocycles. The zero-order chi connectivity index (χ0) is 11.8. The molecule has 1 aliphatic rings. The molecule has 90 valence electrons. The van der Waals surface area contributed by atoms with Gasteiger partial charge < -0.3 is 9.84 Å². The van der Waals surface area contributed by atoms with Gasteiger partial charge in [0.1, 0.15) is 9.45 Å². The molecule has 2 heterocycles. The van der Waals surface area contributed by atoms with Crippen molar-refractivity contribution in [2.45, 2.75) is 25.5 Å². The maximum Gasteiger partial charge on any atom is 0.150 e. The Balaban J connectivity index is 2.10. The summed E-state index contributed by atoms with van der Waals surface area (Å²) in [7, 11) is 0. The molecule has 0 saturated carbocycles. The van der Waals surface area contributed by atoms with Gasteiger partial charge in [0, 0.05) is 12.0 Å². The Labute approximate surface area is 113 Å². The molecule has 1 N–H and O–H groups in total. The van der Waals surface area contributed by atoms with Crippen LogP contribution in [-0.2, 0) is 4.74 Å². The van der Waals surface area contributed by atoms with Crippen molar-refractivity contribution in [3.05, 3.63) is 21.9 Å². The number of halogens is 1. The van der Waals surface area contributed by atoms with Gasteiger partial charge in [0.25, 0.3) is 0 Å². The third-order valence-corrected chi connectivity index (χ3v) is 3.87. The highest BCUT2D eigenvalue weighted by atomic mass is 127. The van der Waals surface area contributed by atoms with Crippen LogP contribution in [0, 0.1) is 3.70 Å². The van der Waals surface area contributed by atoms with E-state index in [1.54, 1.807) is 12.1 Å². The van der Waals surface area contributed by atoms with E-state index in [0.717, 1.165) is 34.1 Å². The predicted octanol–water partition coefficient (Wildman–Crippen LogP) is 3.05. The quantitative estimate of drug-likeness (QED) is 0.809. The van der Waals surface area contributed by atoms with Gasteiger partial charge >= 0.3 is 0 Å². The van der Waals surface area contributed by atoms with Gasteiger partial charge in [-0.3, -0.25) is 0 Å². The Morgan fingerprint density at radius 2 is 2.29 bits per heavy atom. The van der Waals surface area contributed by atoms with Crippen LogP contribution in [0.5, 0.6) is 5.75 Å². The lowest BCUT2D eigenvalue weighted by Gasteiger charge is -2.23. The minimum Gasteiger partial charge on any atom is -0.508 e. The number of phenols is 1. The largest absolute Gasteiger partial charge is 0.508 e. The molecule has 1 fully saturated rings. The van der Waals surface area contributed by atoms with Gasteiger partial charge in [-0.15, -0.1) is 0 Å². The summed E-state index contributed by atoms with van der Waals surface area (Å²) in [5.41, 5.74) is 1.03. The number of benzene rings is 1.